The normalized spacial score (nSPS) is 11.3. The molecule has 0 saturated carbocycles. The highest BCUT2D eigenvalue weighted by molar-refractivity contribution is 7.21. The Balaban J connectivity index is 2.54. The van der Waals surface area contributed by atoms with Crippen LogP contribution in [0.4, 0.5) is 4.39 Å². The van der Waals surface area contributed by atoms with E-state index in [1.165, 1.54) is 17.4 Å². The van der Waals surface area contributed by atoms with Gasteiger partial charge in [0.2, 0.25) is 0 Å². The van der Waals surface area contributed by atoms with Gasteiger partial charge in [0.15, 0.2) is 0 Å². The van der Waals surface area contributed by atoms with E-state index in [0.717, 1.165) is 29.8 Å². The van der Waals surface area contributed by atoms with E-state index in [2.05, 4.69) is 24.2 Å². The quantitative estimate of drug-likeness (QED) is 0.490. The minimum Gasteiger partial charge on any atom is -0.299 e. The van der Waals surface area contributed by atoms with Crippen LogP contribution in [0.3, 0.4) is 0 Å². The standard InChI is InChI=1S/C15H20FN3OS/c1-3-8-19(4-2)9-10-13-11(16)6-5-7-12(13)21-14(10)15(20)18-17/h5-7H,3-4,8-9,17H2,1-2H3,(H,18,20). The van der Waals surface area contributed by atoms with E-state index in [1.807, 2.05) is 6.07 Å². The van der Waals surface area contributed by atoms with Crippen LogP contribution >= 0.6 is 11.3 Å². The van der Waals surface area contributed by atoms with E-state index in [1.54, 1.807) is 6.07 Å². The van der Waals surface area contributed by atoms with Gasteiger partial charge in [0.05, 0.1) is 4.88 Å². The predicted octanol–water partition coefficient (Wildman–Crippen LogP) is 2.88. The lowest BCUT2D eigenvalue weighted by Crippen LogP contribution is -2.31. The SMILES string of the molecule is CCCN(CC)Cc1c(C(=O)NN)sc2cccc(F)c12. The molecule has 2 aromatic rings. The topological polar surface area (TPSA) is 58.4 Å². The number of nitrogens with zero attached hydrogens (tertiary/aromatic N) is 1. The number of nitrogens with two attached hydrogens (primary N) is 1. The second-order valence-electron chi connectivity index (χ2n) is 4.86. The van der Waals surface area contributed by atoms with E-state index in [-0.39, 0.29) is 11.7 Å². The van der Waals surface area contributed by atoms with Crippen molar-refractivity contribution in [3.8, 4) is 0 Å². The van der Waals surface area contributed by atoms with Crippen molar-refractivity contribution in [2.45, 2.75) is 26.8 Å². The highest BCUT2D eigenvalue weighted by atomic mass is 32.1. The van der Waals surface area contributed by atoms with Gasteiger partial charge in [0.25, 0.3) is 5.91 Å². The lowest BCUT2D eigenvalue weighted by molar-refractivity contribution is 0.0956. The summed E-state index contributed by atoms with van der Waals surface area (Å²) in [5.74, 6) is 4.60. The Morgan fingerprint density at radius 2 is 2.19 bits per heavy atom. The molecule has 6 heteroatoms. The molecule has 1 aromatic heterocycles. The molecule has 3 N–H and O–H groups in total. The zero-order valence-corrected chi connectivity index (χ0v) is 13.1. The maximum atomic E-state index is 14.2. The number of halogens is 1. The molecule has 21 heavy (non-hydrogen) atoms. The van der Waals surface area contributed by atoms with Crippen LogP contribution in [0.5, 0.6) is 0 Å². The fraction of sp³-hybridized carbons (Fsp3) is 0.400. The highest BCUT2D eigenvalue weighted by Gasteiger charge is 2.21. The summed E-state index contributed by atoms with van der Waals surface area (Å²) in [5, 5.41) is 0.538. The Morgan fingerprint density at radius 3 is 2.81 bits per heavy atom. The maximum absolute atomic E-state index is 14.2. The molecular weight excluding hydrogens is 289 g/mol. The first kappa shape index (κ1) is 15.9. The fourth-order valence-corrected chi connectivity index (χ4v) is 3.59. The van der Waals surface area contributed by atoms with E-state index < -0.39 is 0 Å². The predicted molar refractivity (Wildman–Crippen MR) is 84.7 cm³/mol. The highest BCUT2D eigenvalue weighted by Crippen LogP contribution is 2.34. The number of benzene rings is 1. The molecule has 0 aliphatic carbocycles. The summed E-state index contributed by atoms with van der Waals surface area (Å²) in [7, 11) is 0. The van der Waals surface area contributed by atoms with Crippen LogP contribution in [-0.4, -0.2) is 23.9 Å². The number of fused-ring (bicyclic) bond motifs is 1. The molecule has 114 valence electrons. The second-order valence-corrected chi connectivity index (χ2v) is 5.92. The summed E-state index contributed by atoms with van der Waals surface area (Å²) in [6.45, 7) is 6.47. The first-order chi connectivity index (χ1) is 10.1. The number of thiophene rings is 1. The number of amides is 1. The maximum Gasteiger partial charge on any atom is 0.275 e. The molecule has 0 saturated heterocycles. The zero-order valence-electron chi connectivity index (χ0n) is 12.3. The molecule has 1 heterocycles. The fourth-order valence-electron chi connectivity index (χ4n) is 2.46. The van der Waals surface area contributed by atoms with Gasteiger partial charge < -0.3 is 0 Å². The Hall–Kier alpha value is -1.50. The molecule has 0 fully saturated rings. The van der Waals surface area contributed by atoms with E-state index >= 15 is 0 Å². The van der Waals surface area contributed by atoms with Gasteiger partial charge in [-0.3, -0.25) is 15.1 Å². The van der Waals surface area contributed by atoms with Crippen molar-refractivity contribution < 1.29 is 9.18 Å². The number of nitrogens with one attached hydrogen (secondary N) is 1. The van der Waals surface area contributed by atoms with Crippen molar-refractivity contribution in [1.82, 2.24) is 10.3 Å². The van der Waals surface area contributed by atoms with Crippen molar-refractivity contribution in [1.29, 1.82) is 0 Å². The third-order valence-electron chi connectivity index (χ3n) is 3.47. The smallest absolute Gasteiger partial charge is 0.275 e. The number of hydrogen-bond acceptors (Lipinski definition) is 4. The first-order valence-electron chi connectivity index (χ1n) is 7.05. The summed E-state index contributed by atoms with van der Waals surface area (Å²) in [6.07, 6.45) is 1.01. The van der Waals surface area contributed by atoms with Crippen LogP contribution < -0.4 is 11.3 Å². The van der Waals surface area contributed by atoms with Gasteiger partial charge in [0, 0.05) is 22.2 Å². The number of rotatable bonds is 6. The van der Waals surface area contributed by atoms with Crippen LogP contribution in [0.15, 0.2) is 18.2 Å². The first-order valence-corrected chi connectivity index (χ1v) is 7.87. The Labute approximate surface area is 127 Å². The molecule has 2 rings (SSSR count). The number of nitrogen functional groups attached to an aromatic ring is 1. The Kier molecular flexibility index (Phi) is 5.27. The second kappa shape index (κ2) is 6.98. The minimum absolute atomic E-state index is 0.289. The molecule has 0 aliphatic heterocycles. The zero-order chi connectivity index (χ0) is 15.4. The van der Waals surface area contributed by atoms with Crippen molar-refractivity contribution in [2.24, 2.45) is 5.84 Å². The molecule has 4 nitrogen and oxygen atoms in total. The van der Waals surface area contributed by atoms with Gasteiger partial charge in [-0.1, -0.05) is 19.9 Å². The summed E-state index contributed by atoms with van der Waals surface area (Å²) in [4.78, 5) is 14.7. The van der Waals surface area contributed by atoms with Crippen LogP contribution in [0.25, 0.3) is 10.1 Å². The van der Waals surface area contributed by atoms with Crippen molar-refractivity contribution in [3.05, 3.63) is 34.5 Å². The van der Waals surface area contributed by atoms with Crippen molar-refractivity contribution >= 4 is 27.3 Å². The lowest BCUT2D eigenvalue weighted by atomic mass is 10.1. The minimum atomic E-state index is -0.363. The average Bonchev–Trinajstić information content (AvgIpc) is 2.86. The monoisotopic (exact) mass is 309 g/mol. The van der Waals surface area contributed by atoms with Gasteiger partial charge in [-0.2, -0.15) is 0 Å². The van der Waals surface area contributed by atoms with Crippen molar-refractivity contribution in [3.63, 3.8) is 0 Å². The number of carbonyl (C=O) groups is 1. The van der Waals surface area contributed by atoms with Crippen LogP contribution in [-0.2, 0) is 6.54 Å². The molecule has 1 amide bonds. The Morgan fingerprint density at radius 1 is 1.43 bits per heavy atom. The molecule has 0 aliphatic rings. The molecule has 0 spiro atoms. The molecular formula is C15H20FN3OS. The van der Waals surface area contributed by atoms with Crippen molar-refractivity contribution in [2.75, 3.05) is 13.1 Å². The third kappa shape index (κ3) is 3.23. The summed E-state index contributed by atoms with van der Waals surface area (Å²) >= 11 is 1.28. The van der Waals surface area contributed by atoms with Crippen LogP contribution in [0.1, 0.15) is 35.5 Å². The van der Waals surface area contributed by atoms with E-state index in [0.29, 0.717) is 16.8 Å². The summed E-state index contributed by atoms with van der Waals surface area (Å²) in [6, 6.07) is 4.92. The van der Waals surface area contributed by atoms with Gasteiger partial charge >= 0.3 is 0 Å². The molecule has 0 unspecified atom stereocenters. The Bertz CT molecular complexity index is 641. The number of hydrazine groups is 1. The summed E-state index contributed by atoms with van der Waals surface area (Å²) < 4.78 is 15.0. The van der Waals surface area contributed by atoms with Gasteiger partial charge in [-0.15, -0.1) is 11.3 Å². The van der Waals surface area contributed by atoms with Gasteiger partial charge in [0.1, 0.15) is 5.82 Å². The van der Waals surface area contributed by atoms with Gasteiger partial charge in [-0.05, 0) is 31.6 Å². The molecule has 0 atom stereocenters. The molecule has 1 aromatic carbocycles. The largest absolute Gasteiger partial charge is 0.299 e. The molecule has 0 bridgehead atoms. The summed E-state index contributed by atoms with van der Waals surface area (Å²) in [5.41, 5.74) is 2.88. The number of carbonyl (C=O) groups excluding carboxylic acids is 1. The third-order valence-corrected chi connectivity index (χ3v) is 4.67. The van der Waals surface area contributed by atoms with Crippen LogP contribution in [0, 0.1) is 5.82 Å². The number of hydrogen-bond donors (Lipinski definition) is 2. The lowest BCUT2D eigenvalue weighted by Gasteiger charge is -2.20. The van der Waals surface area contributed by atoms with E-state index in [4.69, 9.17) is 5.84 Å². The van der Waals surface area contributed by atoms with Gasteiger partial charge in [-0.25, -0.2) is 10.2 Å². The molecule has 0 radical (unpaired) electrons. The van der Waals surface area contributed by atoms with Crippen LogP contribution in [0.2, 0.25) is 0 Å². The van der Waals surface area contributed by atoms with E-state index in [9.17, 15) is 9.18 Å². The average molecular weight is 309 g/mol.